The fourth-order valence-corrected chi connectivity index (χ4v) is 2.88. The number of aromatic nitrogens is 2. The second-order valence-corrected chi connectivity index (χ2v) is 6.18. The third-order valence-electron chi connectivity index (χ3n) is 4.37. The topological polar surface area (TPSA) is 28.7 Å². The molecule has 114 valence electrons. The van der Waals surface area contributed by atoms with Crippen LogP contribution in [0.25, 0.3) is 11.0 Å². The van der Waals surface area contributed by atoms with Crippen LogP contribution < -0.4 is 0 Å². The van der Waals surface area contributed by atoms with Crippen LogP contribution in [0.4, 0.5) is 0 Å². The first-order valence-electron chi connectivity index (χ1n) is 8.22. The minimum atomic E-state index is 1.04. The Morgan fingerprint density at radius 1 is 0.864 bits per heavy atom. The van der Waals surface area contributed by atoms with Crippen molar-refractivity contribution in [3.8, 4) is 0 Å². The molecule has 1 N–H and O–H groups in total. The molecule has 22 heavy (non-hydrogen) atoms. The number of hydrogen-bond acceptors (Lipinski definition) is 1. The van der Waals surface area contributed by atoms with E-state index in [0.717, 1.165) is 17.8 Å². The van der Waals surface area contributed by atoms with E-state index in [9.17, 15) is 0 Å². The van der Waals surface area contributed by atoms with Gasteiger partial charge in [0.05, 0.1) is 11.0 Å². The predicted molar refractivity (Wildman–Crippen MR) is 93.3 cm³/mol. The van der Waals surface area contributed by atoms with E-state index in [2.05, 4.69) is 61.3 Å². The van der Waals surface area contributed by atoms with Crippen LogP contribution in [0.1, 0.15) is 41.8 Å². The Balaban J connectivity index is 1.49. The maximum Gasteiger partial charge on any atom is 0.107 e. The van der Waals surface area contributed by atoms with E-state index in [1.165, 1.54) is 47.9 Å². The van der Waals surface area contributed by atoms with Crippen molar-refractivity contribution in [2.24, 2.45) is 0 Å². The maximum atomic E-state index is 4.71. The standard InChI is InChI=1S/C20H24N2/c1-15-13-18-19(14-16(15)2)22-20(21-18)12-8-4-7-11-17-9-5-3-6-10-17/h3,5-6,9-10,13-14H,4,7-8,11-12H2,1-2H3,(H,21,22). The lowest BCUT2D eigenvalue weighted by Crippen LogP contribution is -1.90. The zero-order chi connectivity index (χ0) is 15.4. The van der Waals surface area contributed by atoms with Crippen LogP contribution in [0.5, 0.6) is 0 Å². The molecule has 2 heteroatoms. The van der Waals surface area contributed by atoms with E-state index in [-0.39, 0.29) is 0 Å². The van der Waals surface area contributed by atoms with E-state index in [1.54, 1.807) is 0 Å². The number of rotatable bonds is 6. The number of fused-ring (bicyclic) bond motifs is 1. The van der Waals surface area contributed by atoms with Gasteiger partial charge in [0.2, 0.25) is 0 Å². The molecule has 0 radical (unpaired) electrons. The van der Waals surface area contributed by atoms with Gasteiger partial charge in [0.1, 0.15) is 5.82 Å². The molecule has 0 amide bonds. The highest BCUT2D eigenvalue weighted by Crippen LogP contribution is 2.18. The van der Waals surface area contributed by atoms with E-state index in [1.807, 2.05) is 0 Å². The summed E-state index contributed by atoms with van der Waals surface area (Å²) in [4.78, 5) is 8.18. The zero-order valence-corrected chi connectivity index (χ0v) is 13.5. The molecule has 0 spiro atoms. The van der Waals surface area contributed by atoms with Crippen LogP contribution in [0.15, 0.2) is 42.5 Å². The third kappa shape index (κ3) is 3.56. The highest BCUT2D eigenvalue weighted by Gasteiger charge is 2.04. The maximum absolute atomic E-state index is 4.71. The number of imidazole rings is 1. The van der Waals surface area contributed by atoms with Crippen LogP contribution in [0, 0.1) is 13.8 Å². The molecule has 0 unspecified atom stereocenters. The monoisotopic (exact) mass is 292 g/mol. The van der Waals surface area contributed by atoms with Gasteiger partial charge in [-0.3, -0.25) is 0 Å². The van der Waals surface area contributed by atoms with E-state index >= 15 is 0 Å². The lowest BCUT2D eigenvalue weighted by atomic mass is 10.1. The largest absolute Gasteiger partial charge is 0.342 e. The summed E-state index contributed by atoms with van der Waals surface area (Å²) in [5.74, 6) is 1.12. The molecule has 2 nitrogen and oxygen atoms in total. The number of benzene rings is 2. The minimum absolute atomic E-state index is 1.04. The molecular weight excluding hydrogens is 268 g/mol. The Hall–Kier alpha value is -2.09. The average molecular weight is 292 g/mol. The Morgan fingerprint density at radius 3 is 2.41 bits per heavy atom. The molecule has 0 bridgehead atoms. The van der Waals surface area contributed by atoms with Gasteiger partial charge in [-0.1, -0.05) is 36.8 Å². The van der Waals surface area contributed by atoms with Crippen molar-refractivity contribution in [3.05, 3.63) is 65.0 Å². The lowest BCUT2D eigenvalue weighted by molar-refractivity contribution is 0.666. The lowest BCUT2D eigenvalue weighted by Gasteiger charge is -2.01. The van der Waals surface area contributed by atoms with E-state index in [0.29, 0.717) is 0 Å². The van der Waals surface area contributed by atoms with Gasteiger partial charge in [0, 0.05) is 6.42 Å². The first-order chi connectivity index (χ1) is 10.7. The summed E-state index contributed by atoms with van der Waals surface area (Å²) in [7, 11) is 0. The van der Waals surface area contributed by atoms with E-state index in [4.69, 9.17) is 4.98 Å². The van der Waals surface area contributed by atoms with Gasteiger partial charge in [0.25, 0.3) is 0 Å². The zero-order valence-electron chi connectivity index (χ0n) is 13.5. The van der Waals surface area contributed by atoms with Gasteiger partial charge in [-0.15, -0.1) is 0 Å². The number of H-pyrrole nitrogens is 1. The van der Waals surface area contributed by atoms with Crippen LogP contribution >= 0.6 is 0 Å². The Morgan fingerprint density at radius 2 is 1.59 bits per heavy atom. The molecule has 0 aliphatic carbocycles. The van der Waals surface area contributed by atoms with Gasteiger partial charge < -0.3 is 4.98 Å². The van der Waals surface area contributed by atoms with Crippen LogP contribution in [0.2, 0.25) is 0 Å². The molecule has 0 fully saturated rings. The predicted octanol–water partition coefficient (Wildman–Crippen LogP) is 5.14. The molecular formula is C20H24N2. The third-order valence-corrected chi connectivity index (χ3v) is 4.37. The fourth-order valence-electron chi connectivity index (χ4n) is 2.88. The SMILES string of the molecule is Cc1cc2nc(CCCCCc3ccccc3)[nH]c2cc1C. The van der Waals surface area contributed by atoms with Crippen LogP contribution in [-0.4, -0.2) is 9.97 Å². The second kappa shape index (κ2) is 6.78. The Bertz CT molecular complexity index is 702. The van der Waals surface area contributed by atoms with Crippen molar-refractivity contribution < 1.29 is 0 Å². The summed E-state index contributed by atoms with van der Waals surface area (Å²) < 4.78 is 0. The molecule has 3 rings (SSSR count). The van der Waals surface area contributed by atoms with Crippen molar-refractivity contribution >= 4 is 11.0 Å². The normalized spacial score (nSPS) is 11.2. The van der Waals surface area contributed by atoms with Crippen molar-refractivity contribution in [1.82, 2.24) is 9.97 Å². The molecule has 3 aromatic rings. The number of hydrogen-bond donors (Lipinski definition) is 1. The second-order valence-electron chi connectivity index (χ2n) is 6.18. The highest BCUT2D eigenvalue weighted by atomic mass is 14.9. The number of unbranched alkanes of at least 4 members (excludes halogenated alkanes) is 2. The summed E-state index contributed by atoms with van der Waals surface area (Å²) in [5.41, 5.74) is 6.35. The van der Waals surface area contributed by atoms with Crippen molar-refractivity contribution in [2.75, 3.05) is 0 Å². The number of aryl methyl sites for hydroxylation is 4. The van der Waals surface area contributed by atoms with Crippen molar-refractivity contribution in [1.29, 1.82) is 0 Å². The number of aromatic amines is 1. The number of nitrogens with zero attached hydrogens (tertiary/aromatic N) is 1. The van der Waals surface area contributed by atoms with Crippen molar-refractivity contribution in [2.45, 2.75) is 46.0 Å². The van der Waals surface area contributed by atoms with Gasteiger partial charge in [-0.05, 0) is 61.9 Å². The smallest absolute Gasteiger partial charge is 0.107 e. The van der Waals surface area contributed by atoms with Crippen molar-refractivity contribution in [3.63, 3.8) is 0 Å². The first kappa shape index (κ1) is 14.8. The summed E-state index contributed by atoms with van der Waals surface area (Å²) in [6.45, 7) is 4.30. The minimum Gasteiger partial charge on any atom is -0.342 e. The number of nitrogens with one attached hydrogen (secondary N) is 1. The van der Waals surface area contributed by atoms with Crippen LogP contribution in [0.3, 0.4) is 0 Å². The summed E-state index contributed by atoms with van der Waals surface area (Å²) >= 11 is 0. The molecule has 0 atom stereocenters. The van der Waals surface area contributed by atoms with Gasteiger partial charge in [-0.2, -0.15) is 0 Å². The Labute approximate surface area is 132 Å². The highest BCUT2D eigenvalue weighted by molar-refractivity contribution is 5.77. The molecule has 0 aliphatic heterocycles. The summed E-state index contributed by atoms with van der Waals surface area (Å²) in [6, 6.07) is 15.1. The quantitative estimate of drug-likeness (QED) is 0.626. The summed E-state index contributed by atoms with van der Waals surface area (Å²) in [6.07, 6.45) is 5.93. The van der Waals surface area contributed by atoms with Crippen LogP contribution in [-0.2, 0) is 12.8 Å². The molecule has 1 aromatic heterocycles. The molecule has 0 saturated carbocycles. The van der Waals surface area contributed by atoms with E-state index < -0.39 is 0 Å². The van der Waals surface area contributed by atoms with Gasteiger partial charge in [0.15, 0.2) is 0 Å². The summed E-state index contributed by atoms with van der Waals surface area (Å²) in [5, 5.41) is 0. The molecule has 0 aliphatic rings. The average Bonchev–Trinajstić information content (AvgIpc) is 2.90. The van der Waals surface area contributed by atoms with Gasteiger partial charge in [-0.25, -0.2) is 4.98 Å². The Kier molecular flexibility index (Phi) is 4.57. The molecule has 2 aromatic carbocycles. The van der Waals surface area contributed by atoms with Gasteiger partial charge >= 0.3 is 0 Å². The fraction of sp³-hybridized carbons (Fsp3) is 0.350. The first-order valence-corrected chi connectivity index (χ1v) is 8.22. The molecule has 0 saturated heterocycles. The molecule has 1 heterocycles.